The summed E-state index contributed by atoms with van der Waals surface area (Å²) in [6, 6.07) is 5.95. The van der Waals surface area contributed by atoms with Crippen LogP contribution in [0.2, 0.25) is 0 Å². The average Bonchev–Trinajstić information content (AvgIpc) is 0.967. The first-order valence-corrected chi connectivity index (χ1v) is 37.1. The molecule has 0 unspecified atom stereocenters. The van der Waals surface area contributed by atoms with E-state index in [1.807, 2.05) is 225 Å². The van der Waals surface area contributed by atoms with Gasteiger partial charge in [0.2, 0.25) is 0 Å². The molecule has 0 fully saturated rings. The van der Waals surface area contributed by atoms with E-state index in [1.165, 1.54) is 54.9 Å². The van der Waals surface area contributed by atoms with Crippen molar-refractivity contribution in [3.05, 3.63) is 317 Å². The molecule has 0 amide bonds. The minimum Gasteiger partial charge on any atom is -0.309 e. The molecule has 0 aliphatic rings. The van der Waals surface area contributed by atoms with Crippen molar-refractivity contribution in [3.63, 3.8) is 0 Å². The van der Waals surface area contributed by atoms with Crippen LogP contribution in [0.5, 0.6) is 0 Å². The summed E-state index contributed by atoms with van der Waals surface area (Å²) < 4.78 is 0. The Morgan fingerprint density at radius 3 is 0.843 bits per heavy atom. The normalized spacial score (nSPS) is 9.98. The molecule has 0 spiro atoms. The van der Waals surface area contributed by atoms with Crippen molar-refractivity contribution in [2.24, 2.45) is 30.1 Å². The summed E-state index contributed by atoms with van der Waals surface area (Å²) in [6.07, 6.45) is 27.5. The highest BCUT2D eigenvalue weighted by molar-refractivity contribution is 6.01. The van der Waals surface area contributed by atoms with E-state index >= 15 is 0 Å². The highest BCUT2D eigenvalue weighted by atomic mass is 15.3. The van der Waals surface area contributed by atoms with Gasteiger partial charge in [-0.3, -0.25) is 40.7 Å². The number of allylic oxidation sites excluding steroid dienone is 11. The van der Waals surface area contributed by atoms with E-state index in [4.69, 9.17) is 21.8 Å². The molecule has 0 saturated carbocycles. The van der Waals surface area contributed by atoms with Gasteiger partial charge in [-0.25, -0.2) is 40.4 Å². The predicted molar refractivity (Wildman–Crippen MR) is 511 cm³/mol. The molecule has 0 aromatic carbocycles. The summed E-state index contributed by atoms with van der Waals surface area (Å²) in [6.45, 7) is 93.7. The van der Waals surface area contributed by atoms with Crippen molar-refractivity contribution < 1.29 is 0 Å². The zero-order chi connectivity index (χ0) is 93.8. The fourth-order valence-electron chi connectivity index (χ4n) is 5.15. The van der Waals surface area contributed by atoms with E-state index in [2.05, 4.69) is 205 Å². The van der Waals surface area contributed by atoms with Crippen LogP contribution in [0.3, 0.4) is 0 Å². The first kappa shape index (κ1) is 123. The second kappa shape index (κ2) is 78.8. The van der Waals surface area contributed by atoms with E-state index in [0.29, 0.717) is 0 Å². The lowest BCUT2D eigenvalue weighted by atomic mass is 10.1. The maximum atomic E-state index is 6.68. The van der Waals surface area contributed by atoms with E-state index < -0.39 is 0 Å². The number of aliphatic imine (C=N–C) groups is 5. The zero-order valence-corrected chi connectivity index (χ0v) is 77.4. The Hall–Kier alpha value is -13.7. The third-order valence-corrected chi connectivity index (χ3v) is 15.3. The molecule has 0 aliphatic heterocycles. The third-order valence-electron chi connectivity index (χ3n) is 15.3. The van der Waals surface area contributed by atoms with E-state index in [-0.39, 0.29) is 7.43 Å². The molecule has 4 N–H and O–H groups in total. The molecule has 29 heteroatoms. The summed E-state index contributed by atoms with van der Waals surface area (Å²) in [5, 5.41) is 63.2. The van der Waals surface area contributed by atoms with Gasteiger partial charge in [0.1, 0.15) is 38.0 Å². The number of nitrogens with zero attached hydrogens (tertiary/aromatic N) is 25. The fourth-order valence-corrected chi connectivity index (χ4v) is 5.15. The highest BCUT2D eigenvalue weighted by Crippen LogP contribution is 2.06. The highest BCUT2D eigenvalue weighted by Gasteiger charge is 1.96. The second-order valence-electron chi connectivity index (χ2n) is 25.7. The largest absolute Gasteiger partial charge is 0.309 e. The minimum atomic E-state index is 0. The van der Waals surface area contributed by atoms with Gasteiger partial charge in [-0.15, -0.1) is 25.5 Å². The van der Waals surface area contributed by atoms with Crippen LogP contribution in [0.4, 0.5) is 0 Å². The van der Waals surface area contributed by atoms with Crippen LogP contribution in [-0.4, -0.2) is 145 Å². The van der Waals surface area contributed by atoms with Crippen LogP contribution < -0.4 is 0 Å². The molecule has 652 valence electrons. The topological polar surface area (TPSA) is 414 Å². The van der Waals surface area contributed by atoms with Gasteiger partial charge in [-0.05, 0) is 299 Å². The molecule has 29 nitrogen and oxygen atoms in total. The smallest absolute Gasteiger partial charge is 0.138 e. The predicted octanol–water partition coefficient (Wildman–Crippen LogP) is 22.0. The number of aromatic nitrogens is 19. The maximum absolute atomic E-state index is 6.68. The molecule has 0 atom stereocenters. The number of hydrogen-bond acceptors (Lipinski definition) is 27. The van der Waals surface area contributed by atoms with Crippen molar-refractivity contribution in [2.75, 3.05) is 0 Å². The number of hydrogen-bond donors (Lipinski definition) is 4. The van der Waals surface area contributed by atoms with Crippen molar-refractivity contribution in [2.45, 2.75) is 215 Å². The molecule has 8 heterocycles. The monoisotopic (exact) mass is 1650 g/mol. The number of aryl methyl sites for hydroxylation is 16. The van der Waals surface area contributed by atoms with Gasteiger partial charge in [0.25, 0.3) is 0 Å². The van der Waals surface area contributed by atoms with E-state index in [1.54, 1.807) is 43.4 Å². The summed E-state index contributed by atoms with van der Waals surface area (Å²) in [5.74, 6) is 0. The Labute approximate surface area is 724 Å². The molecule has 121 heavy (non-hydrogen) atoms. The van der Waals surface area contributed by atoms with Crippen molar-refractivity contribution in [3.8, 4) is 0 Å². The molecule has 0 bridgehead atoms. The molecule has 0 aliphatic carbocycles. The minimum absolute atomic E-state index is 0. The molecule has 0 radical (unpaired) electrons. The molecular formula is C92H139N29. The Bertz CT molecular complexity index is 3660. The molecule has 8 aromatic heterocycles. The molecule has 8 rings (SSSR count). The fraction of sp³-hybridized carbons (Fsp3) is 0.337. The summed E-state index contributed by atoms with van der Waals surface area (Å²) in [5.41, 5.74) is 36.2. The molecule has 0 saturated heterocycles. The van der Waals surface area contributed by atoms with Gasteiger partial charge in [0, 0.05) is 90.0 Å². The quantitative estimate of drug-likeness (QED) is 0.0340. The molecular weight excluding hydrogens is 1510 g/mol. The summed E-state index contributed by atoms with van der Waals surface area (Å²) in [4.78, 5) is 50.4. The summed E-state index contributed by atoms with van der Waals surface area (Å²) in [7, 11) is 0. The van der Waals surface area contributed by atoms with Crippen molar-refractivity contribution in [1.29, 1.82) is 21.8 Å². The van der Waals surface area contributed by atoms with Crippen LogP contribution in [0.1, 0.15) is 195 Å². The number of pyridine rings is 1. The van der Waals surface area contributed by atoms with Gasteiger partial charge >= 0.3 is 0 Å². The standard InChI is InChI=1S/C7H9N.4C7H11N.3C6H8N2.3C6H10N2.4C5H7N3.CH4/c1-6-4-3-5-8-7(6)2;1-6(2)7(3)5-8-4;1-6(2)7(3)4-5-8;2*1-5-8-7(4)6(2)3;1-5-3-7-4-8-6(5)2;1-5-6(2)8-4-3-7-5;1-5-3-4-7-8-6(5)2;2*1-5(2)6(3)8-4-7;1-5(2)6(3)4-8-7;3*1-4-5(2)8-7-3-6-4;1-4-3-6-8-7-5(4)2;/h3-5H,1-2H3;5H,1,4H2,2-3H3;4-5,8H,1H2,2-3H3;2*5H,1-2H2,3-4H3;3*3-4H,1-2H3;3*4,7H,1H2,2-3H3;4*3H,1-2H3;1H4/b;7-5-;7-4-,8-5?;;;;;;;;6-4-,8-7?;;;;;. The van der Waals surface area contributed by atoms with E-state index in [0.717, 1.165) is 171 Å². The SMILES string of the molecule is C.C=C(C)/C(C)=C\C=N.C=C(C)/C(C)=C\N=N.C=C(C)C(C)=NC=N.C=C(C)C(C)=NC=N.C=CN=C(C)C(=C)C.C=CN=C(C)C(=C)C.C=N/C=C(/C)C(=C)C.Cc1cccnc1C.Cc1ccnnc1C.Cc1cncnc1C.Cc1cnnnc1C.Cc1nccnc1C.Cc1ncnnc1C.Cc1ncnnc1C.Cc1ncnnc1C. The number of nitrogens with one attached hydrogen (secondary N) is 4. The van der Waals surface area contributed by atoms with Gasteiger partial charge < -0.3 is 5.41 Å². The Morgan fingerprint density at radius 1 is 0.331 bits per heavy atom. The van der Waals surface area contributed by atoms with Gasteiger partial charge in [-0.2, -0.15) is 30.6 Å². The van der Waals surface area contributed by atoms with E-state index in [9.17, 15) is 0 Å². The lowest BCUT2D eigenvalue weighted by molar-refractivity contribution is 0.826. The Balaban J connectivity index is -0.000000188. The maximum Gasteiger partial charge on any atom is 0.138 e. The summed E-state index contributed by atoms with van der Waals surface area (Å²) >= 11 is 0. The average molecular weight is 1650 g/mol. The van der Waals surface area contributed by atoms with Crippen LogP contribution in [0.25, 0.3) is 0 Å². The Kier molecular flexibility index (Phi) is 80.0. The van der Waals surface area contributed by atoms with Crippen molar-refractivity contribution in [1.82, 2.24) is 96.1 Å². The van der Waals surface area contributed by atoms with Crippen LogP contribution in [-0.2, 0) is 0 Å². The van der Waals surface area contributed by atoms with Crippen LogP contribution >= 0.6 is 0 Å². The lowest BCUT2D eigenvalue weighted by Gasteiger charge is -1.92. The second-order valence-corrected chi connectivity index (χ2v) is 25.7. The first-order chi connectivity index (χ1) is 56.2. The lowest BCUT2D eigenvalue weighted by Crippen LogP contribution is -1.91. The van der Waals surface area contributed by atoms with Crippen molar-refractivity contribution >= 4 is 48.5 Å². The van der Waals surface area contributed by atoms with Crippen LogP contribution in [0.15, 0.2) is 257 Å². The zero-order valence-electron chi connectivity index (χ0n) is 77.4. The Morgan fingerprint density at radius 2 is 0.661 bits per heavy atom. The first-order valence-electron chi connectivity index (χ1n) is 37.1. The van der Waals surface area contributed by atoms with Crippen LogP contribution in [0, 0.1) is 133 Å². The van der Waals surface area contributed by atoms with Gasteiger partial charge in [-0.1, -0.05) is 89.4 Å². The number of rotatable bonds is 14. The third kappa shape index (κ3) is 76.0. The van der Waals surface area contributed by atoms with Gasteiger partial charge in [0.15, 0.2) is 0 Å². The van der Waals surface area contributed by atoms with Gasteiger partial charge in [0.05, 0.1) is 69.3 Å². The molecule has 8 aromatic rings.